The molecule has 1 aromatic rings. The van der Waals surface area contributed by atoms with Crippen molar-refractivity contribution in [2.24, 2.45) is 11.8 Å². The molecule has 3 rings (SSSR count). The van der Waals surface area contributed by atoms with E-state index in [2.05, 4.69) is 35.2 Å². The number of Topliss-reactive ketones (excluding diaryl/α,β-unsaturated/α-hetero) is 1. The maximum atomic E-state index is 12.2. The highest BCUT2D eigenvalue weighted by Gasteiger charge is 2.39. The molecule has 20 heavy (non-hydrogen) atoms. The zero-order valence-electron chi connectivity index (χ0n) is 11.7. The van der Waals surface area contributed by atoms with Gasteiger partial charge in [-0.25, -0.2) is 0 Å². The summed E-state index contributed by atoms with van der Waals surface area (Å²) in [4.78, 5) is 14.7. The van der Waals surface area contributed by atoms with Crippen molar-refractivity contribution in [3.63, 3.8) is 0 Å². The Bertz CT molecular complexity index is 520. The second-order valence-corrected chi connectivity index (χ2v) is 5.98. The molecule has 0 radical (unpaired) electrons. The molecule has 1 aliphatic heterocycles. The highest BCUT2D eigenvalue weighted by atomic mass is 16.1. The van der Waals surface area contributed by atoms with Gasteiger partial charge in [-0.05, 0) is 24.8 Å². The number of benzene rings is 1. The van der Waals surface area contributed by atoms with E-state index in [1.54, 1.807) is 0 Å². The van der Waals surface area contributed by atoms with E-state index in [0.29, 0.717) is 18.2 Å². The molecule has 1 heterocycles. The molecule has 2 aliphatic rings. The van der Waals surface area contributed by atoms with E-state index in [1.807, 2.05) is 6.07 Å². The summed E-state index contributed by atoms with van der Waals surface area (Å²) in [5, 5.41) is 9.20. The SMILES string of the molecule is N#C[C@H]1CC[C@H]2C[C@@H]1C(=O)CCN2Cc1ccccc1. The molecule has 3 atom stereocenters. The largest absolute Gasteiger partial charge is 0.299 e. The van der Waals surface area contributed by atoms with Crippen molar-refractivity contribution < 1.29 is 4.79 Å². The lowest BCUT2D eigenvalue weighted by atomic mass is 9.75. The third kappa shape index (κ3) is 2.62. The zero-order chi connectivity index (χ0) is 13.9. The summed E-state index contributed by atoms with van der Waals surface area (Å²) >= 11 is 0. The normalized spacial score (nSPS) is 30.6. The highest BCUT2D eigenvalue weighted by Crippen LogP contribution is 2.36. The number of likely N-dealkylation sites (tertiary alicyclic amines) is 1. The van der Waals surface area contributed by atoms with E-state index < -0.39 is 0 Å². The molecule has 0 unspecified atom stereocenters. The lowest BCUT2D eigenvalue weighted by molar-refractivity contribution is -0.124. The topological polar surface area (TPSA) is 44.1 Å². The number of fused-ring (bicyclic) bond motifs is 2. The smallest absolute Gasteiger partial charge is 0.138 e. The predicted octanol–water partition coefficient (Wildman–Crippen LogP) is 2.77. The fourth-order valence-electron chi connectivity index (χ4n) is 3.64. The van der Waals surface area contributed by atoms with Gasteiger partial charge in [0, 0.05) is 31.5 Å². The Morgan fingerprint density at radius 3 is 2.80 bits per heavy atom. The molecule has 3 heteroatoms. The number of hydrogen-bond acceptors (Lipinski definition) is 3. The maximum absolute atomic E-state index is 12.2. The van der Waals surface area contributed by atoms with E-state index in [0.717, 1.165) is 32.4 Å². The average Bonchev–Trinajstić information content (AvgIpc) is 2.61. The molecule has 0 amide bonds. The van der Waals surface area contributed by atoms with Gasteiger partial charge in [0.2, 0.25) is 0 Å². The molecule has 1 saturated carbocycles. The van der Waals surface area contributed by atoms with Gasteiger partial charge in [0.05, 0.1) is 12.0 Å². The number of carbonyl (C=O) groups is 1. The minimum absolute atomic E-state index is 0.0143. The van der Waals surface area contributed by atoms with Crippen LogP contribution in [0.4, 0.5) is 0 Å². The quantitative estimate of drug-likeness (QED) is 0.828. The average molecular weight is 268 g/mol. The zero-order valence-corrected chi connectivity index (χ0v) is 11.7. The summed E-state index contributed by atoms with van der Waals surface area (Å²) in [6, 6.07) is 13.3. The van der Waals surface area contributed by atoms with Crippen LogP contribution in [0, 0.1) is 23.2 Å². The van der Waals surface area contributed by atoms with E-state index in [1.165, 1.54) is 5.56 Å². The first-order valence-electron chi connectivity index (χ1n) is 7.48. The van der Waals surface area contributed by atoms with Crippen LogP contribution in [-0.2, 0) is 11.3 Å². The Balaban J connectivity index is 1.75. The van der Waals surface area contributed by atoms with Crippen LogP contribution in [-0.4, -0.2) is 23.3 Å². The minimum Gasteiger partial charge on any atom is -0.299 e. The summed E-state index contributed by atoms with van der Waals surface area (Å²) in [6.07, 6.45) is 3.41. The second kappa shape index (κ2) is 5.76. The third-order valence-electron chi connectivity index (χ3n) is 4.79. The lowest BCUT2D eigenvalue weighted by Gasteiger charge is -2.35. The van der Waals surface area contributed by atoms with E-state index in [9.17, 15) is 10.1 Å². The summed E-state index contributed by atoms with van der Waals surface area (Å²) < 4.78 is 0. The Hall–Kier alpha value is -1.66. The van der Waals surface area contributed by atoms with Crippen LogP contribution in [0.15, 0.2) is 30.3 Å². The number of nitrogens with zero attached hydrogens (tertiary/aromatic N) is 2. The number of carbonyl (C=O) groups excluding carboxylic acids is 1. The fraction of sp³-hybridized carbons (Fsp3) is 0.529. The summed E-state index contributed by atoms with van der Waals surface area (Å²) in [6.45, 7) is 1.76. The van der Waals surface area contributed by atoms with Gasteiger partial charge < -0.3 is 0 Å². The molecule has 0 aromatic heterocycles. The number of nitriles is 1. The first-order valence-corrected chi connectivity index (χ1v) is 7.48. The number of ketones is 1. The van der Waals surface area contributed by atoms with Crippen molar-refractivity contribution in [3.8, 4) is 6.07 Å². The monoisotopic (exact) mass is 268 g/mol. The molecule has 0 spiro atoms. The van der Waals surface area contributed by atoms with Crippen molar-refractivity contribution in [1.82, 2.24) is 4.90 Å². The second-order valence-electron chi connectivity index (χ2n) is 5.98. The van der Waals surface area contributed by atoms with Crippen LogP contribution in [0.1, 0.15) is 31.2 Å². The molecule has 1 aromatic carbocycles. The Morgan fingerprint density at radius 1 is 1.25 bits per heavy atom. The van der Waals surface area contributed by atoms with Crippen LogP contribution in [0.25, 0.3) is 0 Å². The fourth-order valence-corrected chi connectivity index (χ4v) is 3.64. The first-order chi connectivity index (χ1) is 9.78. The van der Waals surface area contributed by atoms with E-state index in [-0.39, 0.29) is 11.8 Å². The maximum Gasteiger partial charge on any atom is 0.138 e. The Kier molecular flexibility index (Phi) is 3.84. The van der Waals surface area contributed by atoms with Crippen LogP contribution in [0.3, 0.4) is 0 Å². The number of hydrogen-bond donors (Lipinski definition) is 0. The summed E-state index contributed by atoms with van der Waals surface area (Å²) in [5.41, 5.74) is 1.31. The molecule has 104 valence electrons. The molecule has 2 fully saturated rings. The standard InChI is InChI=1S/C17H20N2O/c18-11-14-6-7-15-10-16(14)17(20)8-9-19(15)12-13-4-2-1-3-5-13/h1-5,14-16H,6-10,12H2/t14-,15+,16+/m1/s1. The molecule has 0 N–H and O–H groups in total. The lowest BCUT2D eigenvalue weighted by Crippen LogP contribution is -2.39. The third-order valence-corrected chi connectivity index (χ3v) is 4.79. The van der Waals surface area contributed by atoms with Gasteiger partial charge in [-0.2, -0.15) is 5.26 Å². The predicted molar refractivity (Wildman–Crippen MR) is 76.7 cm³/mol. The Morgan fingerprint density at radius 2 is 2.05 bits per heavy atom. The van der Waals surface area contributed by atoms with Crippen molar-refractivity contribution in [3.05, 3.63) is 35.9 Å². The molecular formula is C17H20N2O. The van der Waals surface area contributed by atoms with Crippen LogP contribution < -0.4 is 0 Å². The van der Waals surface area contributed by atoms with Crippen molar-refractivity contribution in [1.29, 1.82) is 5.26 Å². The van der Waals surface area contributed by atoms with Crippen LogP contribution in [0.5, 0.6) is 0 Å². The van der Waals surface area contributed by atoms with Crippen molar-refractivity contribution in [2.45, 2.75) is 38.3 Å². The number of rotatable bonds is 2. The van der Waals surface area contributed by atoms with Crippen molar-refractivity contribution >= 4 is 5.78 Å². The van der Waals surface area contributed by atoms with E-state index in [4.69, 9.17) is 0 Å². The molecule has 2 bridgehead atoms. The summed E-state index contributed by atoms with van der Waals surface area (Å²) in [7, 11) is 0. The van der Waals surface area contributed by atoms with Gasteiger partial charge in [-0.15, -0.1) is 0 Å². The van der Waals surface area contributed by atoms with Crippen molar-refractivity contribution in [2.75, 3.05) is 6.54 Å². The van der Waals surface area contributed by atoms with Gasteiger partial charge in [0.15, 0.2) is 0 Å². The molecular weight excluding hydrogens is 248 g/mol. The van der Waals surface area contributed by atoms with Gasteiger partial charge >= 0.3 is 0 Å². The minimum atomic E-state index is -0.0459. The first kappa shape index (κ1) is 13.3. The van der Waals surface area contributed by atoms with E-state index >= 15 is 0 Å². The Labute approximate surface area is 120 Å². The molecule has 1 saturated heterocycles. The van der Waals surface area contributed by atoms with Gasteiger partial charge in [0.1, 0.15) is 5.78 Å². The summed E-state index contributed by atoms with van der Waals surface area (Å²) in [5.74, 6) is 0.242. The molecule has 1 aliphatic carbocycles. The van der Waals surface area contributed by atoms with Gasteiger partial charge in [-0.1, -0.05) is 30.3 Å². The van der Waals surface area contributed by atoms with Crippen LogP contribution >= 0.6 is 0 Å². The van der Waals surface area contributed by atoms with Gasteiger partial charge in [0.25, 0.3) is 0 Å². The molecule has 3 nitrogen and oxygen atoms in total. The highest BCUT2D eigenvalue weighted by molar-refractivity contribution is 5.82. The van der Waals surface area contributed by atoms with Crippen LogP contribution in [0.2, 0.25) is 0 Å². The van der Waals surface area contributed by atoms with Gasteiger partial charge in [-0.3, -0.25) is 9.69 Å².